The molecule has 0 unspecified atom stereocenters. The molecule has 0 saturated carbocycles. The Kier molecular flexibility index (Phi) is 5.41. The van der Waals surface area contributed by atoms with E-state index in [2.05, 4.69) is 10.4 Å². The SMILES string of the molecule is CCn1cnc2c(=O)n(-c3ccc(Cl)cc3)c(N(C)Cc3csc4ccc(Cl)cc34)nc21. The highest BCUT2D eigenvalue weighted by Gasteiger charge is 2.20. The van der Waals surface area contributed by atoms with Gasteiger partial charge in [-0.25, -0.2) is 9.55 Å². The molecule has 0 spiro atoms. The number of rotatable bonds is 5. The number of hydrogen-bond acceptors (Lipinski definition) is 5. The molecule has 5 aromatic rings. The quantitative estimate of drug-likeness (QED) is 0.318. The minimum Gasteiger partial charge on any atom is -0.340 e. The lowest BCUT2D eigenvalue weighted by molar-refractivity contribution is 0.767. The summed E-state index contributed by atoms with van der Waals surface area (Å²) in [5.41, 5.74) is 2.50. The Morgan fingerprint density at radius 3 is 2.59 bits per heavy atom. The minimum absolute atomic E-state index is 0.218. The third-order valence-corrected chi connectivity index (χ3v) is 6.91. The molecule has 3 aromatic heterocycles. The zero-order chi connectivity index (χ0) is 22.4. The maximum atomic E-state index is 13.5. The number of benzene rings is 2. The van der Waals surface area contributed by atoms with E-state index in [4.69, 9.17) is 28.2 Å². The fourth-order valence-electron chi connectivity index (χ4n) is 3.80. The monoisotopic (exact) mass is 483 g/mol. The van der Waals surface area contributed by atoms with Crippen LogP contribution in [0.5, 0.6) is 0 Å². The van der Waals surface area contributed by atoms with Crippen molar-refractivity contribution >= 4 is 61.7 Å². The molecule has 0 bridgehead atoms. The van der Waals surface area contributed by atoms with Gasteiger partial charge in [-0.3, -0.25) is 4.79 Å². The third-order valence-electron chi connectivity index (χ3n) is 5.41. The lowest BCUT2D eigenvalue weighted by atomic mass is 10.2. The van der Waals surface area contributed by atoms with Crippen LogP contribution >= 0.6 is 34.5 Å². The van der Waals surface area contributed by atoms with Gasteiger partial charge in [0.1, 0.15) is 0 Å². The lowest BCUT2D eigenvalue weighted by Gasteiger charge is -2.22. The summed E-state index contributed by atoms with van der Waals surface area (Å²) in [5, 5.41) is 4.53. The van der Waals surface area contributed by atoms with Gasteiger partial charge in [0, 0.05) is 34.9 Å². The number of aryl methyl sites for hydroxylation is 1. The number of aromatic nitrogens is 4. The van der Waals surface area contributed by atoms with Crippen LogP contribution in [0.1, 0.15) is 12.5 Å². The van der Waals surface area contributed by atoms with Crippen LogP contribution in [0.2, 0.25) is 10.0 Å². The summed E-state index contributed by atoms with van der Waals surface area (Å²) in [4.78, 5) is 24.7. The van der Waals surface area contributed by atoms with Crippen LogP contribution in [0.3, 0.4) is 0 Å². The Morgan fingerprint density at radius 2 is 1.84 bits per heavy atom. The molecule has 0 N–H and O–H groups in total. The minimum atomic E-state index is -0.218. The molecule has 0 aliphatic heterocycles. The van der Waals surface area contributed by atoms with Crippen molar-refractivity contribution in [3.8, 4) is 5.69 Å². The predicted octanol–water partition coefficient (Wildman–Crippen LogP) is 5.76. The molecule has 3 heterocycles. The van der Waals surface area contributed by atoms with Gasteiger partial charge in [0.15, 0.2) is 11.2 Å². The van der Waals surface area contributed by atoms with Crippen molar-refractivity contribution in [1.82, 2.24) is 19.1 Å². The number of nitrogens with zero attached hydrogens (tertiary/aromatic N) is 5. The molecule has 2 aromatic carbocycles. The average Bonchev–Trinajstić information content (AvgIpc) is 3.38. The topological polar surface area (TPSA) is 56.0 Å². The Bertz CT molecular complexity index is 1500. The first-order chi connectivity index (χ1) is 15.5. The third kappa shape index (κ3) is 3.56. The normalized spacial score (nSPS) is 11.5. The molecule has 0 amide bonds. The molecule has 162 valence electrons. The van der Waals surface area contributed by atoms with Crippen molar-refractivity contribution in [3.05, 3.63) is 80.1 Å². The van der Waals surface area contributed by atoms with Crippen LogP contribution in [-0.2, 0) is 13.1 Å². The van der Waals surface area contributed by atoms with E-state index in [1.807, 2.05) is 53.8 Å². The van der Waals surface area contributed by atoms with E-state index < -0.39 is 0 Å². The van der Waals surface area contributed by atoms with Gasteiger partial charge in [0.25, 0.3) is 5.56 Å². The van der Waals surface area contributed by atoms with Crippen LogP contribution in [0.25, 0.3) is 26.9 Å². The van der Waals surface area contributed by atoms with Gasteiger partial charge in [-0.2, -0.15) is 4.98 Å². The number of anilines is 1. The van der Waals surface area contributed by atoms with Crippen molar-refractivity contribution in [2.45, 2.75) is 20.0 Å². The summed E-state index contributed by atoms with van der Waals surface area (Å²) >= 11 is 14.0. The summed E-state index contributed by atoms with van der Waals surface area (Å²) in [6.45, 7) is 3.23. The van der Waals surface area contributed by atoms with E-state index in [9.17, 15) is 4.79 Å². The molecular formula is C23H19Cl2N5OS. The fraction of sp³-hybridized carbons (Fsp3) is 0.174. The molecule has 0 radical (unpaired) electrons. The van der Waals surface area contributed by atoms with Gasteiger partial charge in [-0.05, 0) is 65.7 Å². The molecule has 0 saturated heterocycles. The van der Waals surface area contributed by atoms with E-state index >= 15 is 0 Å². The molecule has 5 rings (SSSR count). The summed E-state index contributed by atoms with van der Waals surface area (Å²) in [5.74, 6) is 0.529. The Balaban J connectivity index is 1.68. The maximum absolute atomic E-state index is 13.5. The highest BCUT2D eigenvalue weighted by atomic mass is 35.5. The van der Waals surface area contributed by atoms with Crippen LogP contribution in [0.15, 0.2) is 59.0 Å². The lowest BCUT2D eigenvalue weighted by Crippen LogP contribution is -2.29. The molecule has 0 fully saturated rings. The van der Waals surface area contributed by atoms with Crippen LogP contribution in [0.4, 0.5) is 5.95 Å². The molecule has 32 heavy (non-hydrogen) atoms. The Labute approximate surface area is 198 Å². The maximum Gasteiger partial charge on any atom is 0.287 e. The van der Waals surface area contributed by atoms with Gasteiger partial charge >= 0.3 is 0 Å². The molecule has 0 atom stereocenters. The highest BCUT2D eigenvalue weighted by Crippen LogP contribution is 2.30. The van der Waals surface area contributed by atoms with Crippen LogP contribution in [0, 0.1) is 0 Å². The van der Waals surface area contributed by atoms with E-state index in [1.54, 1.807) is 34.4 Å². The van der Waals surface area contributed by atoms with Crippen LogP contribution in [-0.4, -0.2) is 26.1 Å². The first-order valence-electron chi connectivity index (χ1n) is 10.1. The van der Waals surface area contributed by atoms with Crippen molar-refractivity contribution in [2.75, 3.05) is 11.9 Å². The number of hydrogen-bond donors (Lipinski definition) is 0. The highest BCUT2D eigenvalue weighted by molar-refractivity contribution is 7.17. The first kappa shape index (κ1) is 21.0. The number of halogens is 2. The molecule has 6 nitrogen and oxygen atoms in total. The number of imidazole rings is 1. The van der Waals surface area contributed by atoms with Gasteiger partial charge < -0.3 is 9.47 Å². The summed E-state index contributed by atoms with van der Waals surface area (Å²) in [6.07, 6.45) is 1.66. The van der Waals surface area contributed by atoms with Gasteiger partial charge in [-0.15, -0.1) is 11.3 Å². The second-order valence-electron chi connectivity index (χ2n) is 7.49. The summed E-state index contributed by atoms with van der Waals surface area (Å²) in [6, 6.07) is 13.0. The van der Waals surface area contributed by atoms with Crippen molar-refractivity contribution < 1.29 is 0 Å². The fourth-order valence-corrected chi connectivity index (χ4v) is 5.03. The van der Waals surface area contributed by atoms with Gasteiger partial charge in [-0.1, -0.05) is 23.2 Å². The van der Waals surface area contributed by atoms with Crippen molar-refractivity contribution in [1.29, 1.82) is 0 Å². The van der Waals surface area contributed by atoms with Gasteiger partial charge in [0.05, 0.1) is 12.0 Å². The molecule has 9 heteroatoms. The largest absolute Gasteiger partial charge is 0.340 e. The molecular weight excluding hydrogens is 465 g/mol. The second-order valence-corrected chi connectivity index (χ2v) is 9.27. The number of fused-ring (bicyclic) bond motifs is 2. The zero-order valence-corrected chi connectivity index (χ0v) is 19.7. The second kappa shape index (κ2) is 8.24. The van der Waals surface area contributed by atoms with Crippen molar-refractivity contribution in [3.63, 3.8) is 0 Å². The van der Waals surface area contributed by atoms with E-state index in [1.165, 1.54) is 4.70 Å². The van der Waals surface area contributed by atoms with E-state index in [0.717, 1.165) is 10.9 Å². The average molecular weight is 484 g/mol. The number of thiophene rings is 1. The summed E-state index contributed by atoms with van der Waals surface area (Å²) < 4.78 is 4.63. The van der Waals surface area contributed by atoms with Crippen LogP contribution < -0.4 is 10.5 Å². The first-order valence-corrected chi connectivity index (χ1v) is 11.7. The smallest absolute Gasteiger partial charge is 0.287 e. The van der Waals surface area contributed by atoms with Crippen molar-refractivity contribution in [2.24, 2.45) is 0 Å². The summed E-state index contributed by atoms with van der Waals surface area (Å²) in [7, 11) is 1.93. The molecule has 0 aliphatic rings. The Hall–Kier alpha value is -2.87. The standard InChI is InChI=1S/C23H19Cl2N5OS/c1-3-29-13-26-20-21(29)27-23(30(22(20)31)17-7-4-15(24)5-8-17)28(2)11-14-12-32-19-9-6-16(25)10-18(14)19/h4-10,12-13H,3,11H2,1-2H3. The van der Waals surface area contributed by atoms with E-state index in [-0.39, 0.29) is 5.56 Å². The van der Waals surface area contributed by atoms with Gasteiger partial charge in [0.2, 0.25) is 5.95 Å². The van der Waals surface area contributed by atoms with E-state index in [0.29, 0.717) is 45.9 Å². The zero-order valence-electron chi connectivity index (χ0n) is 17.4. The Morgan fingerprint density at radius 1 is 1.09 bits per heavy atom. The molecule has 0 aliphatic carbocycles. The predicted molar refractivity (Wildman–Crippen MR) is 133 cm³/mol.